The molecule has 95 heavy (non-hydrogen) atoms. The van der Waals surface area contributed by atoms with E-state index >= 15 is 0 Å². The molecular formula is C67H86ClN7O19S. The predicted molar refractivity (Wildman–Crippen MR) is 351 cm³/mol. The number of aliphatic hydroxyl groups excluding tert-OH is 4. The lowest BCUT2D eigenvalue weighted by atomic mass is 9.88. The number of aliphatic hydroxyl groups is 4. The van der Waals surface area contributed by atoms with Gasteiger partial charge in [0.15, 0.2) is 17.2 Å². The zero-order valence-electron chi connectivity index (χ0n) is 55.8. The number of amides is 4. The Hall–Kier alpha value is -7.60. The number of halogens is 1. The molecule has 3 aliphatic rings. The van der Waals surface area contributed by atoms with Crippen LogP contribution in [0.1, 0.15) is 106 Å². The van der Waals surface area contributed by atoms with Crippen LogP contribution in [0.15, 0.2) is 72.9 Å². The van der Waals surface area contributed by atoms with Crippen molar-refractivity contribution in [2.24, 2.45) is 21.7 Å². The average molecular weight is 1360 g/mol. The smallest absolute Gasteiger partial charge is 0.497 e. The highest BCUT2D eigenvalue weighted by atomic mass is 35.5. The number of alkyl halides is 1. The van der Waals surface area contributed by atoms with Crippen LogP contribution >= 0.6 is 11.6 Å². The molecule has 1 saturated heterocycles. The first-order chi connectivity index (χ1) is 44.7. The van der Waals surface area contributed by atoms with E-state index in [1.807, 2.05) is 60.7 Å². The fourth-order valence-electron chi connectivity index (χ4n) is 12.3. The number of imide groups is 1. The quantitative estimate of drug-likeness (QED) is 0.0230. The van der Waals surface area contributed by atoms with Crippen molar-refractivity contribution in [3.63, 3.8) is 0 Å². The van der Waals surface area contributed by atoms with E-state index in [-0.39, 0.29) is 77.4 Å². The Bertz CT molecular complexity index is 3960. The minimum atomic E-state index is -5.30. The van der Waals surface area contributed by atoms with Crippen molar-refractivity contribution in [1.82, 2.24) is 29.8 Å². The van der Waals surface area contributed by atoms with Gasteiger partial charge in [-0.2, -0.15) is 0 Å². The summed E-state index contributed by atoms with van der Waals surface area (Å²) in [6.45, 7) is 19.3. The van der Waals surface area contributed by atoms with Crippen LogP contribution in [0.4, 0.5) is 5.69 Å². The molecule has 5 heterocycles. The molecule has 0 bridgehead atoms. The summed E-state index contributed by atoms with van der Waals surface area (Å²) in [4.78, 5) is 60.9. The number of hydrogen-bond donors (Lipinski definition) is 5. The maximum Gasteiger partial charge on any atom is 0.501 e. The molecule has 9 rings (SSSR count). The van der Waals surface area contributed by atoms with Crippen LogP contribution in [-0.2, 0) is 53.6 Å². The van der Waals surface area contributed by atoms with Crippen molar-refractivity contribution < 1.29 is 89.5 Å². The summed E-state index contributed by atoms with van der Waals surface area (Å²) in [5, 5.41) is 52.4. The molecule has 5 N–H and O–H groups in total. The number of fused-ring (bicyclic) bond motifs is 4. The summed E-state index contributed by atoms with van der Waals surface area (Å²) in [5.74, 6) is -1.95. The minimum Gasteiger partial charge on any atom is -0.497 e. The number of H-pyrrole nitrogens is 1. The Morgan fingerprint density at radius 1 is 0.768 bits per heavy atom. The lowest BCUT2D eigenvalue weighted by molar-refractivity contribution is -0.277. The van der Waals surface area contributed by atoms with Gasteiger partial charge in [0, 0.05) is 114 Å². The van der Waals surface area contributed by atoms with E-state index in [0.29, 0.717) is 78.3 Å². The number of carbonyl (C=O) groups excluding carboxylic acids is 4. The molecule has 0 unspecified atom stereocenters. The fraction of sp³-hybridized carbons (Fsp3) is 0.522. The fourth-order valence-corrected chi connectivity index (χ4v) is 13.3. The molecule has 6 aromatic rings. The van der Waals surface area contributed by atoms with Crippen LogP contribution in [0.25, 0.3) is 21.7 Å². The van der Waals surface area contributed by atoms with Gasteiger partial charge in [-0.1, -0.05) is 67.5 Å². The number of benzene rings is 4. The number of nitrogens with one attached hydrogen (secondary N) is 1. The number of methoxy groups -OCH3 is 3. The van der Waals surface area contributed by atoms with Crippen LogP contribution in [0.3, 0.4) is 0 Å². The molecule has 6 atom stereocenters. The van der Waals surface area contributed by atoms with Gasteiger partial charge in [-0.3, -0.25) is 28.8 Å². The number of nitrogens with zero attached hydrogens (tertiary/aromatic N) is 6. The number of rotatable bonds is 30. The highest BCUT2D eigenvalue weighted by Crippen LogP contribution is 2.48. The molecule has 0 spiro atoms. The second-order valence-electron chi connectivity index (χ2n) is 27.6. The van der Waals surface area contributed by atoms with Crippen LogP contribution in [-0.4, -0.2) is 200 Å². The molecular weight excluding hydrogens is 1270 g/mol. The van der Waals surface area contributed by atoms with E-state index in [1.54, 1.807) is 43.1 Å². The molecule has 2 aromatic heterocycles. The average Bonchev–Trinajstić information content (AvgIpc) is 1.63. The lowest BCUT2D eigenvalue weighted by Gasteiger charge is -2.39. The van der Waals surface area contributed by atoms with E-state index in [4.69, 9.17) is 53.1 Å². The summed E-state index contributed by atoms with van der Waals surface area (Å²) in [6.07, 6.45) is -3.18. The molecule has 26 nitrogen and oxygen atoms in total. The number of anilines is 1. The predicted octanol–water partition coefficient (Wildman–Crippen LogP) is 6.74. The van der Waals surface area contributed by atoms with Gasteiger partial charge in [0.25, 0.3) is 23.6 Å². The Labute approximate surface area is 557 Å². The topological polar surface area (TPSA) is 323 Å². The molecule has 0 aliphatic carbocycles. The standard InChI is InChI=1S/C67H86ClN7O19S/c1-14-43-49(87-12)23-39-21-46(69-56(39)60(43)88-13)62(83)74-28-40(27-68)55-45-24-42(86-11)16-17-44(45)50(25-47(55)74)93-95(84,85)94-51-22-38(15-18-48(51)91-63-59(81)58(80)57(79)52(30-76)92-63)61(82)72(10)31-65(4,5)35-90-36-66(6,7)32-73-29-41(70-71-73)26-64(2,3)34-89-37-67(8,9)33-75-53(77)19-20-54(75)78/h15-25,29,40,52,57-59,63,69,76,79-81H,14,26-28,30-37H2,1-13H3/t40-,52-,57+,58+,59-,63-/m1/s1. The molecule has 28 heteroatoms. The van der Waals surface area contributed by atoms with E-state index in [0.717, 1.165) is 17.3 Å². The highest BCUT2D eigenvalue weighted by Gasteiger charge is 2.46. The van der Waals surface area contributed by atoms with Crippen molar-refractivity contribution in [2.45, 2.75) is 118 Å². The van der Waals surface area contributed by atoms with Gasteiger partial charge in [0.1, 0.15) is 47.4 Å². The minimum absolute atomic E-state index is 0.0675. The van der Waals surface area contributed by atoms with Gasteiger partial charge in [-0.25, -0.2) is 0 Å². The number of ether oxygens (including phenoxy) is 7. The number of aromatic nitrogens is 4. The highest BCUT2D eigenvalue weighted by molar-refractivity contribution is 7.82. The third kappa shape index (κ3) is 16.3. The molecule has 4 aromatic carbocycles. The van der Waals surface area contributed by atoms with Crippen molar-refractivity contribution in [1.29, 1.82) is 0 Å². The number of aromatic amines is 1. The Kier molecular flexibility index (Phi) is 21.6. The van der Waals surface area contributed by atoms with E-state index in [2.05, 4.69) is 29.1 Å². The van der Waals surface area contributed by atoms with Crippen LogP contribution in [0, 0.1) is 21.7 Å². The first kappa shape index (κ1) is 71.7. The van der Waals surface area contributed by atoms with Gasteiger partial charge in [0.05, 0.1) is 71.3 Å². The van der Waals surface area contributed by atoms with Gasteiger partial charge in [-0.05, 0) is 71.3 Å². The van der Waals surface area contributed by atoms with Crippen molar-refractivity contribution in [2.75, 3.05) is 91.8 Å². The van der Waals surface area contributed by atoms with E-state index in [9.17, 15) is 48.0 Å². The largest absolute Gasteiger partial charge is 0.501 e. The van der Waals surface area contributed by atoms with Crippen molar-refractivity contribution in [3.05, 3.63) is 101 Å². The molecule has 3 aliphatic heterocycles. The van der Waals surface area contributed by atoms with Gasteiger partial charge in [-0.15, -0.1) is 25.1 Å². The zero-order valence-corrected chi connectivity index (χ0v) is 57.3. The molecule has 0 saturated carbocycles. The normalized spacial score (nSPS) is 19.4. The van der Waals surface area contributed by atoms with Crippen molar-refractivity contribution in [3.8, 4) is 34.5 Å². The summed E-state index contributed by atoms with van der Waals surface area (Å²) in [6, 6.07) is 13.3. The van der Waals surface area contributed by atoms with Gasteiger partial charge in [0.2, 0.25) is 6.29 Å². The summed E-state index contributed by atoms with van der Waals surface area (Å²) < 4.78 is 83.7. The second-order valence-corrected chi connectivity index (χ2v) is 29.1. The monoisotopic (exact) mass is 1360 g/mol. The lowest BCUT2D eigenvalue weighted by Crippen LogP contribution is -2.60. The molecule has 1 fully saturated rings. The molecule has 516 valence electrons. The summed E-state index contributed by atoms with van der Waals surface area (Å²) in [5.41, 5.74) is 1.30. The maximum atomic E-state index is 14.8. The van der Waals surface area contributed by atoms with Gasteiger partial charge >= 0.3 is 10.4 Å². The van der Waals surface area contributed by atoms with E-state index < -0.39 is 93.2 Å². The SMILES string of the molecule is CCc1c(OC)cc2cc(C(=O)N3C[C@@H](CCl)c4c3cc(OS(=O)(=O)Oc3cc(C(=O)N(C)CC(C)(C)COCC(C)(C)Cn5cc(CC(C)(C)COCC(C)(C)CN6C(=O)C=CC6=O)nn5)ccc3O[C@@H]3O[C@H](CO)[C@H](O)[C@H](O)[C@H]3O)c3ccc(OC)cc43)[nH]c2c1OC. The van der Waals surface area contributed by atoms with Crippen molar-refractivity contribution >= 4 is 73.0 Å². The number of carbonyl (C=O) groups is 4. The zero-order chi connectivity index (χ0) is 69.3. The Morgan fingerprint density at radius 2 is 1.43 bits per heavy atom. The molecule has 0 radical (unpaired) electrons. The maximum absolute atomic E-state index is 14.8. The van der Waals surface area contributed by atoms with Crippen LogP contribution < -0.4 is 32.2 Å². The van der Waals surface area contributed by atoms with Crippen LogP contribution in [0.5, 0.6) is 34.5 Å². The molecule has 4 amide bonds. The third-order valence-electron chi connectivity index (χ3n) is 16.8. The van der Waals surface area contributed by atoms with E-state index in [1.165, 1.54) is 59.3 Å². The first-order valence-electron chi connectivity index (χ1n) is 31.1. The van der Waals surface area contributed by atoms with Crippen LogP contribution in [0.2, 0.25) is 0 Å². The Balaban J connectivity index is 0.904. The first-order valence-corrected chi connectivity index (χ1v) is 33.0. The summed E-state index contributed by atoms with van der Waals surface area (Å²) in [7, 11) is 0.808. The Morgan fingerprint density at radius 3 is 2.07 bits per heavy atom. The van der Waals surface area contributed by atoms with Gasteiger partial charge < -0.3 is 76.7 Å². The number of hydrogen-bond acceptors (Lipinski definition) is 21. The third-order valence-corrected chi connectivity index (χ3v) is 17.9. The summed E-state index contributed by atoms with van der Waals surface area (Å²) >= 11 is 6.67. The second kappa shape index (κ2) is 28.6.